The molecule has 1 aliphatic carbocycles. The molecule has 39 heavy (non-hydrogen) atoms. The normalized spacial score (nSPS) is 16.8. The molecule has 0 aliphatic heterocycles. The van der Waals surface area contributed by atoms with Crippen molar-refractivity contribution in [2.45, 2.75) is 51.6 Å². The highest BCUT2D eigenvalue weighted by Gasteiger charge is 2.31. The molecule has 0 bridgehead atoms. The van der Waals surface area contributed by atoms with Crippen LogP contribution >= 0.6 is 11.8 Å². The number of aryl methyl sites for hydroxylation is 3. The zero-order valence-electron chi connectivity index (χ0n) is 22.0. The van der Waals surface area contributed by atoms with Crippen LogP contribution in [0.4, 0.5) is 13.2 Å². The van der Waals surface area contributed by atoms with E-state index in [0.29, 0.717) is 23.5 Å². The number of allylic oxidation sites excluding steroid dienone is 1. The van der Waals surface area contributed by atoms with E-state index in [-0.39, 0.29) is 18.1 Å². The van der Waals surface area contributed by atoms with Gasteiger partial charge in [0.25, 0.3) is 0 Å². The molecule has 1 heterocycles. The van der Waals surface area contributed by atoms with E-state index in [1.807, 2.05) is 39.0 Å². The Morgan fingerprint density at radius 3 is 2.38 bits per heavy atom. The average molecular weight is 557 g/mol. The van der Waals surface area contributed by atoms with Crippen LogP contribution in [-0.2, 0) is 34.3 Å². The van der Waals surface area contributed by atoms with Gasteiger partial charge in [0, 0.05) is 33.6 Å². The first-order valence-electron chi connectivity index (χ1n) is 12.6. The number of hydrogen-bond acceptors (Lipinski definition) is 4. The molecule has 1 unspecified atom stereocenters. The van der Waals surface area contributed by atoms with Gasteiger partial charge in [-0.1, -0.05) is 74.0 Å². The fourth-order valence-electron chi connectivity index (χ4n) is 4.39. The number of thioether (sulfide) groups is 1. The lowest BCUT2D eigenvalue weighted by Gasteiger charge is -2.32. The van der Waals surface area contributed by atoms with Crippen molar-refractivity contribution in [3.63, 3.8) is 0 Å². The minimum absolute atomic E-state index is 0.344. The molecule has 206 valence electrons. The molecule has 0 fully saturated rings. The molecule has 1 atom stereocenters. The topological polar surface area (TPSA) is 59.7 Å². The van der Waals surface area contributed by atoms with Crippen LogP contribution < -0.4 is 0 Å². The summed E-state index contributed by atoms with van der Waals surface area (Å²) in [5.41, 5.74) is 2.86. The SMILES string of the molecule is Cc1ccc(CCc2oc(-c3ccc(C(F)(F)F)cc3)cc2CSC2=CC(C)(C)C(OCC(=O)O)C=C2)cc1. The maximum Gasteiger partial charge on any atom is 0.416 e. The third kappa shape index (κ3) is 7.67. The number of rotatable bonds is 10. The van der Waals surface area contributed by atoms with Crippen LogP contribution in [0.3, 0.4) is 0 Å². The van der Waals surface area contributed by atoms with E-state index in [0.717, 1.165) is 34.8 Å². The van der Waals surface area contributed by atoms with Crippen LogP contribution in [0, 0.1) is 12.3 Å². The van der Waals surface area contributed by atoms with E-state index >= 15 is 0 Å². The van der Waals surface area contributed by atoms with Gasteiger partial charge in [0.2, 0.25) is 0 Å². The fraction of sp³-hybridized carbons (Fsp3) is 0.323. The van der Waals surface area contributed by atoms with Crippen molar-refractivity contribution in [1.82, 2.24) is 0 Å². The molecule has 3 aromatic rings. The van der Waals surface area contributed by atoms with E-state index in [1.54, 1.807) is 11.8 Å². The van der Waals surface area contributed by atoms with E-state index in [1.165, 1.54) is 23.3 Å². The lowest BCUT2D eigenvalue weighted by molar-refractivity contribution is -0.145. The van der Waals surface area contributed by atoms with Crippen molar-refractivity contribution < 1.29 is 32.2 Å². The highest BCUT2D eigenvalue weighted by atomic mass is 32.2. The monoisotopic (exact) mass is 556 g/mol. The maximum absolute atomic E-state index is 13.0. The van der Waals surface area contributed by atoms with Crippen LogP contribution in [0.1, 0.15) is 41.9 Å². The molecule has 0 radical (unpaired) electrons. The zero-order chi connectivity index (χ0) is 28.2. The van der Waals surface area contributed by atoms with Crippen LogP contribution in [0.2, 0.25) is 0 Å². The summed E-state index contributed by atoms with van der Waals surface area (Å²) >= 11 is 1.62. The van der Waals surface area contributed by atoms with Crippen LogP contribution in [-0.4, -0.2) is 23.8 Å². The van der Waals surface area contributed by atoms with Crippen LogP contribution in [0.15, 0.2) is 82.1 Å². The zero-order valence-corrected chi connectivity index (χ0v) is 22.9. The Balaban J connectivity index is 1.53. The van der Waals surface area contributed by atoms with Gasteiger partial charge in [-0.25, -0.2) is 4.79 Å². The van der Waals surface area contributed by atoms with Gasteiger partial charge < -0.3 is 14.3 Å². The second kappa shape index (κ2) is 11.9. The summed E-state index contributed by atoms with van der Waals surface area (Å²) in [7, 11) is 0. The number of hydrogen-bond donors (Lipinski definition) is 1. The summed E-state index contributed by atoms with van der Waals surface area (Å²) in [6.45, 7) is 5.67. The Hall–Kier alpha value is -3.23. The van der Waals surface area contributed by atoms with E-state index < -0.39 is 17.7 Å². The summed E-state index contributed by atoms with van der Waals surface area (Å²) in [6, 6.07) is 15.2. The Morgan fingerprint density at radius 2 is 1.77 bits per heavy atom. The van der Waals surface area contributed by atoms with Crippen molar-refractivity contribution in [2.24, 2.45) is 5.41 Å². The highest BCUT2D eigenvalue weighted by Crippen LogP contribution is 2.38. The number of carbonyl (C=O) groups is 1. The third-order valence-corrected chi connectivity index (χ3v) is 7.66. The van der Waals surface area contributed by atoms with Gasteiger partial charge in [-0.15, -0.1) is 11.8 Å². The summed E-state index contributed by atoms with van der Waals surface area (Å²) in [5.74, 6) is 0.944. The molecule has 0 amide bonds. The second-order valence-electron chi connectivity index (χ2n) is 10.3. The second-order valence-corrected chi connectivity index (χ2v) is 11.3. The van der Waals surface area contributed by atoms with E-state index in [2.05, 4.69) is 30.3 Å². The van der Waals surface area contributed by atoms with Gasteiger partial charge in [0.05, 0.1) is 11.7 Å². The molecule has 1 N–H and O–H groups in total. The number of alkyl halides is 3. The number of carboxylic acid groups (broad SMARTS) is 1. The molecule has 0 saturated carbocycles. The number of aliphatic carboxylic acids is 1. The molecule has 4 nitrogen and oxygen atoms in total. The van der Waals surface area contributed by atoms with E-state index in [4.69, 9.17) is 14.3 Å². The van der Waals surface area contributed by atoms with Crippen molar-refractivity contribution >= 4 is 17.7 Å². The third-order valence-electron chi connectivity index (χ3n) is 6.62. The number of carboxylic acids is 1. The number of halogens is 3. The molecule has 2 aromatic carbocycles. The van der Waals surface area contributed by atoms with E-state index in [9.17, 15) is 18.0 Å². The van der Waals surface area contributed by atoms with Crippen LogP contribution in [0.25, 0.3) is 11.3 Å². The molecule has 8 heteroatoms. The molecule has 1 aliphatic rings. The molecule has 1 aromatic heterocycles. The fourth-order valence-corrected chi connectivity index (χ4v) is 5.52. The van der Waals surface area contributed by atoms with Crippen molar-refractivity contribution in [1.29, 1.82) is 0 Å². The molecular formula is C31H31F3O4S. The predicted molar refractivity (Wildman–Crippen MR) is 147 cm³/mol. The van der Waals surface area contributed by atoms with Gasteiger partial charge in [0.1, 0.15) is 18.1 Å². The first-order chi connectivity index (χ1) is 18.4. The highest BCUT2D eigenvalue weighted by molar-refractivity contribution is 8.02. The Kier molecular flexibility index (Phi) is 8.76. The number of furan rings is 1. The Labute approximate surface area is 230 Å². The quantitative estimate of drug-likeness (QED) is 0.273. The van der Waals surface area contributed by atoms with Gasteiger partial charge in [-0.05, 0) is 37.1 Å². The van der Waals surface area contributed by atoms with Gasteiger partial charge in [-0.3, -0.25) is 0 Å². The van der Waals surface area contributed by atoms with Crippen molar-refractivity contribution in [3.8, 4) is 11.3 Å². The molecule has 4 rings (SSSR count). The minimum atomic E-state index is -4.39. The van der Waals surface area contributed by atoms with Gasteiger partial charge in [0.15, 0.2) is 0 Å². The summed E-state index contributed by atoms with van der Waals surface area (Å²) in [5, 5.41) is 8.94. The predicted octanol–water partition coefficient (Wildman–Crippen LogP) is 8.24. The summed E-state index contributed by atoms with van der Waals surface area (Å²) in [6.07, 6.45) is 2.59. The van der Waals surface area contributed by atoms with Gasteiger partial charge in [-0.2, -0.15) is 13.2 Å². The van der Waals surface area contributed by atoms with Crippen molar-refractivity contribution in [2.75, 3.05) is 6.61 Å². The minimum Gasteiger partial charge on any atom is -0.480 e. The molecular weight excluding hydrogens is 525 g/mol. The first kappa shape index (κ1) is 28.8. The molecule has 0 spiro atoms. The Morgan fingerprint density at radius 1 is 1.08 bits per heavy atom. The lowest BCUT2D eigenvalue weighted by atomic mass is 9.83. The number of ether oxygens (including phenoxy) is 1. The lowest BCUT2D eigenvalue weighted by Crippen LogP contribution is -2.32. The maximum atomic E-state index is 13.0. The smallest absolute Gasteiger partial charge is 0.416 e. The van der Waals surface area contributed by atoms with Crippen LogP contribution in [0.5, 0.6) is 0 Å². The molecule has 0 saturated heterocycles. The first-order valence-corrected chi connectivity index (χ1v) is 13.6. The standard InChI is InChI=1S/C31H31F3O4S/c1-20-4-6-21(7-5-20)8-14-26-23(16-27(38-26)22-9-11-24(12-10-22)31(32,33)34)19-39-25-13-15-28(30(2,3)17-25)37-18-29(35)36/h4-7,9-13,15-17,28H,8,14,18-19H2,1-3H3,(H,35,36). The number of benzene rings is 2. The van der Waals surface area contributed by atoms with Gasteiger partial charge >= 0.3 is 12.1 Å². The summed E-state index contributed by atoms with van der Waals surface area (Å²) in [4.78, 5) is 11.9. The summed E-state index contributed by atoms with van der Waals surface area (Å²) < 4.78 is 50.9. The Bertz CT molecular complexity index is 1350. The average Bonchev–Trinajstić information content (AvgIpc) is 3.28. The van der Waals surface area contributed by atoms with Crippen molar-refractivity contribution in [3.05, 3.63) is 106 Å². The largest absolute Gasteiger partial charge is 0.480 e.